The molecule has 0 fully saturated rings. The summed E-state index contributed by atoms with van der Waals surface area (Å²) in [5.74, 6) is 0. The number of methoxy groups -OCH3 is 1. The lowest BCUT2D eigenvalue weighted by Gasteiger charge is -2.29. The van der Waals surface area contributed by atoms with E-state index in [-0.39, 0.29) is 12.1 Å². The Morgan fingerprint density at radius 3 is 3.00 bits per heavy atom. The van der Waals surface area contributed by atoms with Gasteiger partial charge in [-0.05, 0) is 13.3 Å². The Morgan fingerprint density at radius 1 is 1.67 bits per heavy atom. The van der Waals surface area contributed by atoms with Crippen molar-refractivity contribution < 1.29 is 9.84 Å². The third-order valence-corrected chi connectivity index (χ3v) is 2.94. The summed E-state index contributed by atoms with van der Waals surface area (Å²) in [5.41, 5.74) is 2.66. The van der Waals surface area contributed by atoms with Gasteiger partial charge in [0.15, 0.2) is 0 Å². The average Bonchev–Trinajstić information content (AvgIpc) is 2.68. The third-order valence-electron chi connectivity index (χ3n) is 2.31. The van der Waals surface area contributed by atoms with Gasteiger partial charge in [0.1, 0.15) is 0 Å². The van der Waals surface area contributed by atoms with Crippen molar-refractivity contribution in [1.29, 1.82) is 0 Å². The summed E-state index contributed by atoms with van der Waals surface area (Å²) in [5, 5.41) is 14.3. The van der Waals surface area contributed by atoms with Crippen LogP contribution in [0.2, 0.25) is 0 Å². The highest BCUT2D eigenvalue weighted by molar-refractivity contribution is 7.07. The Hall–Kier alpha value is -0.490. The van der Waals surface area contributed by atoms with Crippen LogP contribution in [0.1, 0.15) is 19.0 Å². The number of nitrogens with zero attached hydrogens (tertiary/aromatic N) is 1. The molecule has 0 spiro atoms. The molecule has 1 heterocycles. The van der Waals surface area contributed by atoms with Gasteiger partial charge in [-0.25, -0.2) is 4.98 Å². The lowest BCUT2D eigenvalue weighted by molar-refractivity contribution is 0.0968. The van der Waals surface area contributed by atoms with Gasteiger partial charge in [-0.1, -0.05) is 0 Å². The molecule has 0 aliphatic carbocycles. The molecular formula is C10H18N2O2S. The molecule has 0 amide bonds. The highest BCUT2D eigenvalue weighted by Crippen LogP contribution is 2.11. The molecule has 86 valence electrons. The minimum Gasteiger partial charge on any atom is -0.396 e. The zero-order chi connectivity index (χ0) is 11.1. The molecule has 0 aromatic carbocycles. The van der Waals surface area contributed by atoms with Crippen LogP contribution >= 0.6 is 11.3 Å². The second-order valence-electron chi connectivity index (χ2n) is 3.80. The molecule has 1 aromatic rings. The fourth-order valence-electron chi connectivity index (χ4n) is 1.41. The molecule has 15 heavy (non-hydrogen) atoms. The van der Waals surface area contributed by atoms with E-state index in [1.165, 1.54) is 0 Å². The normalized spacial score (nSPS) is 15.1. The Morgan fingerprint density at radius 2 is 2.47 bits per heavy atom. The largest absolute Gasteiger partial charge is 0.396 e. The van der Waals surface area contributed by atoms with Crippen LogP contribution in [0, 0.1) is 0 Å². The van der Waals surface area contributed by atoms with Crippen molar-refractivity contribution >= 4 is 11.3 Å². The van der Waals surface area contributed by atoms with Gasteiger partial charge in [0.25, 0.3) is 0 Å². The fraction of sp³-hybridized carbons (Fsp3) is 0.700. The van der Waals surface area contributed by atoms with Crippen LogP contribution in [0.5, 0.6) is 0 Å². The second kappa shape index (κ2) is 6.17. The van der Waals surface area contributed by atoms with E-state index in [1.54, 1.807) is 18.4 Å². The standard InChI is InChI=1S/C10H18N2O2S/c1-10(3-4-13,7-14-2)12-5-9-6-15-8-11-9/h6,8,12-13H,3-5,7H2,1-2H3. The molecule has 0 radical (unpaired) electrons. The minimum absolute atomic E-state index is 0.157. The molecule has 1 rings (SSSR count). The van der Waals surface area contributed by atoms with Crippen molar-refractivity contribution in [2.24, 2.45) is 0 Å². The van der Waals surface area contributed by atoms with Crippen LogP contribution in [-0.2, 0) is 11.3 Å². The Bertz CT molecular complexity index is 258. The summed E-state index contributed by atoms with van der Waals surface area (Å²) in [6.07, 6.45) is 0.672. The van der Waals surface area contributed by atoms with Gasteiger partial charge >= 0.3 is 0 Å². The van der Waals surface area contributed by atoms with E-state index in [4.69, 9.17) is 9.84 Å². The van der Waals surface area contributed by atoms with Gasteiger partial charge in [0.2, 0.25) is 0 Å². The van der Waals surface area contributed by atoms with Crippen molar-refractivity contribution in [3.8, 4) is 0 Å². The van der Waals surface area contributed by atoms with Crippen molar-refractivity contribution in [2.75, 3.05) is 20.3 Å². The Kier molecular flexibility index (Phi) is 5.17. The van der Waals surface area contributed by atoms with Crippen LogP contribution in [0.4, 0.5) is 0 Å². The number of thiazole rings is 1. The fourth-order valence-corrected chi connectivity index (χ4v) is 1.96. The van der Waals surface area contributed by atoms with E-state index >= 15 is 0 Å². The van der Waals surface area contributed by atoms with Gasteiger partial charge < -0.3 is 15.2 Å². The first-order valence-electron chi connectivity index (χ1n) is 4.92. The van der Waals surface area contributed by atoms with Gasteiger partial charge in [-0.3, -0.25) is 0 Å². The predicted octanol–water partition coefficient (Wildman–Crippen LogP) is 1.02. The second-order valence-corrected chi connectivity index (χ2v) is 4.52. The summed E-state index contributed by atoms with van der Waals surface area (Å²) < 4.78 is 5.14. The van der Waals surface area contributed by atoms with Crippen molar-refractivity contribution in [3.05, 3.63) is 16.6 Å². The minimum atomic E-state index is -0.187. The van der Waals surface area contributed by atoms with E-state index in [1.807, 2.05) is 17.8 Å². The summed E-state index contributed by atoms with van der Waals surface area (Å²) in [6.45, 7) is 3.49. The first kappa shape index (κ1) is 12.6. The van der Waals surface area contributed by atoms with E-state index < -0.39 is 0 Å². The maximum Gasteiger partial charge on any atom is 0.0795 e. The first-order chi connectivity index (χ1) is 7.20. The molecule has 0 aliphatic rings. The van der Waals surface area contributed by atoms with E-state index in [2.05, 4.69) is 10.3 Å². The zero-order valence-corrected chi connectivity index (χ0v) is 10.0. The molecule has 4 nitrogen and oxygen atoms in total. The number of hydrogen-bond donors (Lipinski definition) is 2. The van der Waals surface area contributed by atoms with E-state index in [0.717, 1.165) is 5.69 Å². The molecule has 1 aromatic heterocycles. The number of aliphatic hydroxyl groups is 1. The van der Waals surface area contributed by atoms with Crippen molar-refractivity contribution in [1.82, 2.24) is 10.3 Å². The number of rotatable bonds is 7. The van der Waals surface area contributed by atoms with Crippen LogP contribution in [-0.4, -0.2) is 36.0 Å². The van der Waals surface area contributed by atoms with E-state index in [0.29, 0.717) is 19.6 Å². The molecule has 1 atom stereocenters. The monoisotopic (exact) mass is 230 g/mol. The van der Waals surface area contributed by atoms with E-state index in [9.17, 15) is 0 Å². The maximum atomic E-state index is 8.98. The summed E-state index contributed by atoms with van der Waals surface area (Å²) in [6, 6.07) is 0. The highest BCUT2D eigenvalue weighted by atomic mass is 32.1. The summed E-state index contributed by atoms with van der Waals surface area (Å²) in [7, 11) is 1.67. The topological polar surface area (TPSA) is 54.4 Å². The SMILES string of the molecule is COCC(C)(CCO)NCc1cscn1. The van der Waals surface area contributed by atoms with Crippen LogP contribution in [0.25, 0.3) is 0 Å². The number of nitrogens with one attached hydrogen (secondary N) is 1. The average molecular weight is 230 g/mol. The quantitative estimate of drug-likeness (QED) is 0.734. The summed E-state index contributed by atoms with van der Waals surface area (Å²) >= 11 is 1.59. The lowest BCUT2D eigenvalue weighted by Crippen LogP contribution is -2.46. The molecule has 0 aliphatic heterocycles. The van der Waals surface area contributed by atoms with Crippen molar-refractivity contribution in [2.45, 2.75) is 25.4 Å². The molecule has 5 heteroatoms. The third kappa shape index (κ3) is 4.25. The zero-order valence-electron chi connectivity index (χ0n) is 9.19. The summed E-state index contributed by atoms with van der Waals surface area (Å²) in [4.78, 5) is 4.19. The van der Waals surface area contributed by atoms with Gasteiger partial charge in [-0.15, -0.1) is 11.3 Å². The lowest BCUT2D eigenvalue weighted by atomic mass is 9.99. The number of aromatic nitrogens is 1. The first-order valence-corrected chi connectivity index (χ1v) is 5.86. The van der Waals surface area contributed by atoms with Gasteiger partial charge in [0.05, 0.1) is 17.8 Å². The number of aliphatic hydroxyl groups excluding tert-OH is 1. The van der Waals surface area contributed by atoms with Crippen LogP contribution < -0.4 is 5.32 Å². The molecule has 1 unspecified atom stereocenters. The van der Waals surface area contributed by atoms with Crippen molar-refractivity contribution in [3.63, 3.8) is 0 Å². The predicted molar refractivity (Wildman–Crippen MR) is 60.9 cm³/mol. The Balaban J connectivity index is 2.43. The maximum absolute atomic E-state index is 8.98. The molecule has 0 saturated heterocycles. The Labute approximate surface area is 94.3 Å². The van der Waals surface area contributed by atoms with Crippen LogP contribution in [0.15, 0.2) is 10.9 Å². The van der Waals surface area contributed by atoms with Gasteiger partial charge in [0, 0.05) is 31.2 Å². The number of hydrogen-bond acceptors (Lipinski definition) is 5. The molecular weight excluding hydrogens is 212 g/mol. The van der Waals surface area contributed by atoms with Crippen LogP contribution in [0.3, 0.4) is 0 Å². The van der Waals surface area contributed by atoms with Gasteiger partial charge in [-0.2, -0.15) is 0 Å². The molecule has 0 saturated carbocycles. The molecule has 0 bridgehead atoms. The highest BCUT2D eigenvalue weighted by Gasteiger charge is 2.22. The molecule has 2 N–H and O–H groups in total. The smallest absolute Gasteiger partial charge is 0.0795 e. The number of ether oxygens (including phenoxy) is 1.